The Kier molecular flexibility index (Phi) is 2.74. The van der Waals surface area contributed by atoms with E-state index in [0.29, 0.717) is 17.0 Å². The van der Waals surface area contributed by atoms with Gasteiger partial charge in [-0.25, -0.2) is 13.8 Å². The van der Waals surface area contributed by atoms with Crippen molar-refractivity contribution in [2.45, 2.75) is 0 Å². The SMILES string of the molecule is Cn1cnc(-c2[nH]nc(N)c2-c2ccc(F)cc2F)c1. The highest BCUT2D eigenvalue weighted by Crippen LogP contribution is 2.35. The number of hydrogen-bond acceptors (Lipinski definition) is 3. The molecule has 2 heterocycles. The summed E-state index contributed by atoms with van der Waals surface area (Å²) >= 11 is 0. The number of nitrogens with two attached hydrogens (primary N) is 1. The van der Waals surface area contributed by atoms with Crippen molar-refractivity contribution in [3.8, 4) is 22.5 Å². The highest BCUT2D eigenvalue weighted by atomic mass is 19.1. The molecule has 1 aromatic carbocycles. The molecule has 0 saturated carbocycles. The number of nitrogen functional groups attached to an aromatic ring is 1. The number of aryl methyl sites for hydroxylation is 1. The van der Waals surface area contributed by atoms with Gasteiger partial charge in [-0.05, 0) is 12.1 Å². The van der Waals surface area contributed by atoms with Gasteiger partial charge in [-0.1, -0.05) is 0 Å². The van der Waals surface area contributed by atoms with E-state index in [9.17, 15) is 8.78 Å². The molecule has 0 atom stereocenters. The van der Waals surface area contributed by atoms with Crippen molar-refractivity contribution >= 4 is 5.82 Å². The molecule has 5 nitrogen and oxygen atoms in total. The molecule has 0 amide bonds. The lowest BCUT2D eigenvalue weighted by Crippen LogP contribution is -1.92. The first-order chi connectivity index (χ1) is 9.56. The van der Waals surface area contributed by atoms with E-state index in [4.69, 9.17) is 5.73 Å². The highest BCUT2D eigenvalue weighted by molar-refractivity contribution is 5.86. The van der Waals surface area contributed by atoms with Crippen LogP contribution in [-0.4, -0.2) is 19.7 Å². The van der Waals surface area contributed by atoms with Gasteiger partial charge in [0.25, 0.3) is 0 Å². The minimum Gasteiger partial charge on any atom is -0.382 e. The Labute approximate surface area is 113 Å². The molecular weight excluding hydrogens is 264 g/mol. The number of aromatic amines is 1. The van der Waals surface area contributed by atoms with Crippen LogP contribution in [0.5, 0.6) is 0 Å². The van der Waals surface area contributed by atoms with E-state index in [1.54, 1.807) is 17.1 Å². The van der Waals surface area contributed by atoms with Crippen LogP contribution in [0.15, 0.2) is 30.7 Å². The Bertz CT molecular complexity index is 775. The third-order valence-corrected chi connectivity index (χ3v) is 2.96. The van der Waals surface area contributed by atoms with Crippen molar-refractivity contribution in [3.05, 3.63) is 42.4 Å². The van der Waals surface area contributed by atoms with Gasteiger partial charge in [0.15, 0.2) is 5.82 Å². The molecule has 0 aliphatic carbocycles. The lowest BCUT2D eigenvalue weighted by atomic mass is 10.0. The molecule has 7 heteroatoms. The largest absolute Gasteiger partial charge is 0.382 e. The second kappa shape index (κ2) is 4.44. The predicted molar refractivity (Wildman–Crippen MR) is 70.6 cm³/mol. The maximum atomic E-state index is 13.9. The zero-order chi connectivity index (χ0) is 14.3. The number of hydrogen-bond donors (Lipinski definition) is 2. The Morgan fingerprint density at radius 2 is 2.10 bits per heavy atom. The molecule has 3 rings (SSSR count). The van der Waals surface area contributed by atoms with E-state index >= 15 is 0 Å². The molecule has 0 saturated heterocycles. The quantitative estimate of drug-likeness (QED) is 0.754. The Morgan fingerprint density at radius 1 is 1.30 bits per heavy atom. The second-order valence-corrected chi connectivity index (χ2v) is 4.41. The summed E-state index contributed by atoms with van der Waals surface area (Å²) in [5.41, 5.74) is 7.42. The van der Waals surface area contributed by atoms with Gasteiger partial charge in [0, 0.05) is 24.9 Å². The van der Waals surface area contributed by atoms with Crippen molar-refractivity contribution in [2.75, 3.05) is 5.73 Å². The van der Waals surface area contributed by atoms with Gasteiger partial charge in [-0.15, -0.1) is 0 Å². The zero-order valence-corrected chi connectivity index (χ0v) is 10.6. The van der Waals surface area contributed by atoms with Crippen LogP contribution in [0.2, 0.25) is 0 Å². The van der Waals surface area contributed by atoms with Crippen molar-refractivity contribution in [2.24, 2.45) is 7.05 Å². The molecule has 0 spiro atoms. The van der Waals surface area contributed by atoms with Crippen molar-refractivity contribution < 1.29 is 8.78 Å². The average Bonchev–Trinajstić information content (AvgIpc) is 2.96. The normalized spacial score (nSPS) is 10.9. The summed E-state index contributed by atoms with van der Waals surface area (Å²) in [6, 6.07) is 3.31. The Morgan fingerprint density at radius 3 is 2.75 bits per heavy atom. The summed E-state index contributed by atoms with van der Waals surface area (Å²) in [5.74, 6) is -1.21. The molecule has 0 aliphatic rings. The molecule has 0 radical (unpaired) electrons. The summed E-state index contributed by atoms with van der Waals surface area (Å²) in [5, 5.41) is 6.62. The molecule has 0 fully saturated rings. The number of nitrogens with one attached hydrogen (secondary N) is 1. The lowest BCUT2D eigenvalue weighted by Gasteiger charge is -2.04. The van der Waals surface area contributed by atoms with Gasteiger partial charge in [0.05, 0.1) is 17.6 Å². The summed E-state index contributed by atoms with van der Waals surface area (Å²) in [6.45, 7) is 0. The molecule has 102 valence electrons. The maximum Gasteiger partial charge on any atom is 0.153 e. The number of rotatable bonds is 2. The van der Waals surface area contributed by atoms with E-state index in [0.717, 1.165) is 6.07 Å². The van der Waals surface area contributed by atoms with Gasteiger partial charge < -0.3 is 10.3 Å². The number of benzene rings is 1. The van der Waals surface area contributed by atoms with E-state index < -0.39 is 11.6 Å². The van der Waals surface area contributed by atoms with Crippen LogP contribution >= 0.6 is 0 Å². The number of aromatic nitrogens is 4. The average molecular weight is 275 g/mol. The molecule has 0 bridgehead atoms. The number of halogens is 2. The third kappa shape index (κ3) is 1.93. The highest BCUT2D eigenvalue weighted by Gasteiger charge is 2.19. The van der Waals surface area contributed by atoms with E-state index in [-0.39, 0.29) is 11.4 Å². The van der Waals surface area contributed by atoms with E-state index in [1.165, 1.54) is 12.1 Å². The summed E-state index contributed by atoms with van der Waals surface area (Å²) in [6.07, 6.45) is 3.36. The van der Waals surface area contributed by atoms with Crippen molar-refractivity contribution in [1.29, 1.82) is 0 Å². The molecule has 3 N–H and O–H groups in total. The number of H-pyrrole nitrogens is 1. The van der Waals surface area contributed by atoms with Crippen LogP contribution in [0.4, 0.5) is 14.6 Å². The lowest BCUT2D eigenvalue weighted by molar-refractivity contribution is 0.585. The molecular formula is C13H11F2N5. The van der Waals surface area contributed by atoms with Crippen LogP contribution in [0, 0.1) is 11.6 Å². The first-order valence-electron chi connectivity index (χ1n) is 5.84. The predicted octanol–water partition coefficient (Wildman–Crippen LogP) is 2.34. The molecule has 2 aromatic heterocycles. The van der Waals surface area contributed by atoms with Crippen LogP contribution in [0.3, 0.4) is 0 Å². The van der Waals surface area contributed by atoms with Gasteiger partial charge in [0.1, 0.15) is 17.3 Å². The monoisotopic (exact) mass is 275 g/mol. The van der Waals surface area contributed by atoms with Crippen LogP contribution in [-0.2, 0) is 7.05 Å². The number of imidazole rings is 1. The van der Waals surface area contributed by atoms with E-state index in [1.807, 2.05) is 7.05 Å². The zero-order valence-electron chi connectivity index (χ0n) is 10.6. The Balaban J connectivity index is 2.21. The molecule has 20 heavy (non-hydrogen) atoms. The topological polar surface area (TPSA) is 72.5 Å². The Hall–Kier alpha value is -2.70. The smallest absolute Gasteiger partial charge is 0.153 e. The minimum absolute atomic E-state index is 0.135. The molecule has 0 aliphatic heterocycles. The molecule has 0 unspecified atom stereocenters. The van der Waals surface area contributed by atoms with Gasteiger partial charge >= 0.3 is 0 Å². The first kappa shape index (κ1) is 12.3. The summed E-state index contributed by atoms with van der Waals surface area (Å²) in [7, 11) is 1.81. The summed E-state index contributed by atoms with van der Waals surface area (Å²) in [4.78, 5) is 4.17. The van der Waals surface area contributed by atoms with Crippen molar-refractivity contribution in [3.63, 3.8) is 0 Å². The van der Waals surface area contributed by atoms with Gasteiger partial charge in [0.2, 0.25) is 0 Å². The van der Waals surface area contributed by atoms with Crippen molar-refractivity contribution in [1.82, 2.24) is 19.7 Å². The fourth-order valence-corrected chi connectivity index (χ4v) is 2.05. The maximum absolute atomic E-state index is 13.9. The van der Waals surface area contributed by atoms with E-state index in [2.05, 4.69) is 15.2 Å². The van der Waals surface area contributed by atoms with Gasteiger partial charge in [-0.3, -0.25) is 5.10 Å². The van der Waals surface area contributed by atoms with Crippen LogP contribution in [0.1, 0.15) is 0 Å². The van der Waals surface area contributed by atoms with Gasteiger partial charge in [-0.2, -0.15) is 5.10 Å². The molecule has 3 aromatic rings. The standard InChI is InChI=1S/C13H11F2N5/c1-20-5-10(17-6-20)12-11(13(16)19-18-12)8-3-2-7(14)4-9(8)15/h2-6H,1H3,(H3,16,18,19). The number of nitrogens with zero attached hydrogens (tertiary/aromatic N) is 3. The minimum atomic E-state index is -0.699. The van der Waals surface area contributed by atoms with Crippen LogP contribution < -0.4 is 5.73 Å². The first-order valence-corrected chi connectivity index (χ1v) is 5.84. The fourth-order valence-electron chi connectivity index (χ4n) is 2.05. The number of anilines is 1. The fraction of sp³-hybridized carbons (Fsp3) is 0.0769. The van der Waals surface area contributed by atoms with Crippen LogP contribution in [0.25, 0.3) is 22.5 Å². The third-order valence-electron chi connectivity index (χ3n) is 2.96. The summed E-state index contributed by atoms with van der Waals surface area (Å²) < 4.78 is 28.7. The second-order valence-electron chi connectivity index (χ2n) is 4.41.